The van der Waals surface area contributed by atoms with Crippen LogP contribution in [0.5, 0.6) is 17.2 Å². The zero-order valence-electron chi connectivity index (χ0n) is 12.7. The molecule has 0 saturated heterocycles. The van der Waals surface area contributed by atoms with Gasteiger partial charge in [0.25, 0.3) is 0 Å². The Morgan fingerprint density at radius 2 is 1.48 bits per heavy atom. The molecular formula is C20H16O3. The number of rotatable bonds is 4. The maximum absolute atomic E-state index is 11.1. The third kappa shape index (κ3) is 3.77. The van der Waals surface area contributed by atoms with Gasteiger partial charge in [-0.1, -0.05) is 54.6 Å². The Kier molecular flexibility index (Phi) is 4.39. The van der Waals surface area contributed by atoms with Crippen LogP contribution in [-0.4, -0.2) is 5.97 Å². The highest BCUT2D eigenvalue weighted by molar-refractivity contribution is 5.71. The van der Waals surface area contributed by atoms with E-state index < -0.39 is 0 Å². The maximum Gasteiger partial charge on any atom is 0.308 e. The van der Waals surface area contributed by atoms with Crippen LogP contribution in [0.25, 0.3) is 11.1 Å². The fourth-order valence-electron chi connectivity index (χ4n) is 2.31. The van der Waals surface area contributed by atoms with E-state index in [1.165, 1.54) is 6.92 Å². The lowest BCUT2D eigenvalue weighted by Gasteiger charge is -2.12. The monoisotopic (exact) mass is 304 g/mol. The first-order valence-corrected chi connectivity index (χ1v) is 7.33. The Hall–Kier alpha value is -3.07. The van der Waals surface area contributed by atoms with Gasteiger partial charge in [0.2, 0.25) is 0 Å². The number of ether oxygens (including phenoxy) is 2. The molecule has 0 aliphatic rings. The highest BCUT2D eigenvalue weighted by Crippen LogP contribution is 2.34. The first-order valence-electron chi connectivity index (χ1n) is 7.33. The number of benzene rings is 3. The van der Waals surface area contributed by atoms with Gasteiger partial charge in [-0.05, 0) is 23.8 Å². The van der Waals surface area contributed by atoms with Gasteiger partial charge in [-0.15, -0.1) is 0 Å². The van der Waals surface area contributed by atoms with Crippen LogP contribution in [0.4, 0.5) is 0 Å². The summed E-state index contributed by atoms with van der Waals surface area (Å²) >= 11 is 0. The van der Waals surface area contributed by atoms with E-state index in [2.05, 4.69) is 0 Å². The largest absolute Gasteiger partial charge is 0.457 e. The third-order valence-electron chi connectivity index (χ3n) is 3.27. The second kappa shape index (κ2) is 6.79. The fraction of sp³-hybridized carbons (Fsp3) is 0.0500. The van der Waals surface area contributed by atoms with Gasteiger partial charge in [0.05, 0.1) is 0 Å². The molecule has 3 rings (SSSR count). The zero-order chi connectivity index (χ0) is 16.1. The van der Waals surface area contributed by atoms with E-state index in [0.717, 1.165) is 16.9 Å². The minimum Gasteiger partial charge on any atom is -0.457 e. The van der Waals surface area contributed by atoms with Crippen molar-refractivity contribution in [3.8, 4) is 28.4 Å². The molecule has 0 heterocycles. The normalized spacial score (nSPS) is 10.1. The summed E-state index contributed by atoms with van der Waals surface area (Å²) in [7, 11) is 0. The molecule has 23 heavy (non-hydrogen) atoms. The van der Waals surface area contributed by atoms with Crippen LogP contribution in [0.15, 0.2) is 78.9 Å². The number of hydrogen-bond donors (Lipinski definition) is 0. The summed E-state index contributed by atoms with van der Waals surface area (Å²) in [5.74, 6) is 1.48. The lowest BCUT2D eigenvalue weighted by molar-refractivity contribution is -0.131. The van der Waals surface area contributed by atoms with Crippen LogP contribution in [-0.2, 0) is 4.79 Å². The Morgan fingerprint density at radius 3 is 2.26 bits per heavy atom. The Balaban J connectivity index is 1.91. The zero-order valence-corrected chi connectivity index (χ0v) is 12.7. The summed E-state index contributed by atoms with van der Waals surface area (Å²) in [5.41, 5.74) is 2.09. The Morgan fingerprint density at radius 1 is 0.783 bits per heavy atom. The molecule has 0 spiro atoms. The lowest BCUT2D eigenvalue weighted by atomic mass is 10.1. The number of para-hydroxylation sites is 1. The van der Waals surface area contributed by atoms with Gasteiger partial charge in [-0.3, -0.25) is 4.79 Å². The standard InChI is InChI=1S/C20H16O3/c1-15(21)22-17-10-7-11-18(14-17)23-20-13-6-5-12-19(20)16-8-3-2-4-9-16/h2-14H,1H3. The van der Waals surface area contributed by atoms with Crippen molar-refractivity contribution in [3.05, 3.63) is 78.9 Å². The van der Waals surface area contributed by atoms with Gasteiger partial charge >= 0.3 is 5.97 Å². The van der Waals surface area contributed by atoms with Crippen LogP contribution < -0.4 is 9.47 Å². The maximum atomic E-state index is 11.1. The molecule has 3 heteroatoms. The number of esters is 1. The summed E-state index contributed by atoms with van der Waals surface area (Å²) in [4.78, 5) is 11.1. The molecule has 0 unspecified atom stereocenters. The van der Waals surface area contributed by atoms with Crippen molar-refractivity contribution in [1.29, 1.82) is 0 Å². The smallest absolute Gasteiger partial charge is 0.308 e. The van der Waals surface area contributed by atoms with Crippen LogP contribution in [0.1, 0.15) is 6.92 Å². The molecule has 0 atom stereocenters. The topological polar surface area (TPSA) is 35.5 Å². The predicted octanol–water partition coefficient (Wildman–Crippen LogP) is 5.07. The van der Waals surface area contributed by atoms with Crippen molar-refractivity contribution in [2.75, 3.05) is 0 Å². The Labute approximate surface area is 135 Å². The third-order valence-corrected chi connectivity index (χ3v) is 3.27. The van der Waals surface area contributed by atoms with E-state index in [-0.39, 0.29) is 5.97 Å². The van der Waals surface area contributed by atoms with Crippen molar-refractivity contribution in [2.24, 2.45) is 0 Å². The van der Waals surface area contributed by atoms with Gasteiger partial charge in [0.15, 0.2) is 0 Å². The summed E-state index contributed by atoms with van der Waals surface area (Å²) in [6, 6.07) is 24.9. The molecule has 0 N–H and O–H groups in total. The van der Waals surface area contributed by atoms with Crippen LogP contribution in [0.2, 0.25) is 0 Å². The van der Waals surface area contributed by atoms with E-state index in [9.17, 15) is 4.79 Å². The average molecular weight is 304 g/mol. The predicted molar refractivity (Wildman–Crippen MR) is 89.7 cm³/mol. The molecule has 0 amide bonds. The minimum atomic E-state index is -0.355. The van der Waals surface area contributed by atoms with Crippen LogP contribution in [0.3, 0.4) is 0 Å². The highest BCUT2D eigenvalue weighted by atomic mass is 16.5. The molecule has 0 saturated carbocycles. The van der Waals surface area contributed by atoms with E-state index >= 15 is 0 Å². The van der Waals surface area contributed by atoms with Gasteiger partial charge in [-0.2, -0.15) is 0 Å². The molecule has 3 nitrogen and oxygen atoms in total. The molecule has 3 aromatic carbocycles. The highest BCUT2D eigenvalue weighted by Gasteiger charge is 2.07. The minimum absolute atomic E-state index is 0.355. The van der Waals surface area contributed by atoms with Gasteiger partial charge < -0.3 is 9.47 Å². The fourth-order valence-corrected chi connectivity index (χ4v) is 2.31. The first kappa shape index (κ1) is 14.9. The molecule has 3 aromatic rings. The molecule has 0 aliphatic carbocycles. The Bertz CT molecular complexity index is 810. The van der Waals surface area contributed by atoms with Crippen molar-refractivity contribution in [3.63, 3.8) is 0 Å². The second-order valence-corrected chi connectivity index (χ2v) is 5.03. The molecule has 0 fully saturated rings. The van der Waals surface area contributed by atoms with Crippen molar-refractivity contribution in [1.82, 2.24) is 0 Å². The van der Waals surface area contributed by atoms with E-state index in [1.807, 2.05) is 60.7 Å². The molecular weight excluding hydrogens is 288 g/mol. The molecule has 0 radical (unpaired) electrons. The van der Waals surface area contributed by atoms with E-state index in [0.29, 0.717) is 11.5 Å². The van der Waals surface area contributed by atoms with Crippen molar-refractivity contribution >= 4 is 5.97 Å². The molecule has 0 aliphatic heterocycles. The van der Waals surface area contributed by atoms with E-state index in [4.69, 9.17) is 9.47 Å². The summed E-state index contributed by atoms with van der Waals surface area (Å²) in [5, 5.41) is 0. The molecule has 0 bridgehead atoms. The second-order valence-electron chi connectivity index (χ2n) is 5.03. The lowest BCUT2D eigenvalue weighted by Crippen LogP contribution is -2.01. The van der Waals surface area contributed by atoms with Gasteiger partial charge in [0, 0.05) is 18.6 Å². The quantitative estimate of drug-likeness (QED) is 0.498. The van der Waals surface area contributed by atoms with Crippen molar-refractivity contribution in [2.45, 2.75) is 6.92 Å². The summed E-state index contributed by atoms with van der Waals surface area (Å²) in [6.45, 7) is 1.37. The van der Waals surface area contributed by atoms with Gasteiger partial charge in [-0.25, -0.2) is 0 Å². The molecule has 0 aromatic heterocycles. The van der Waals surface area contributed by atoms with E-state index in [1.54, 1.807) is 18.2 Å². The first-order chi connectivity index (χ1) is 11.2. The van der Waals surface area contributed by atoms with Crippen LogP contribution in [0, 0.1) is 0 Å². The number of hydrogen-bond acceptors (Lipinski definition) is 3. The average Bonchev–Trinajstić information content (AvgIpc) is 2.56. The van der Waals surface area contributed by atoms with Crippen LogP contribution >= 0.6 is 0 Å². The molecule has 114 valence electrons. The summed E-state index contributed by atoms with van der Waals surface area (Å²) < 4.78 is 11.1. The number of carbonyl (C=O) groups excluding carboxylic acids is 1. The van der Waals surface area contributed by atoms with Gasteiger partial charge in [0.1, 0.15) is 17.2 Å². The van der Waals surface area contributed by atoms with Crippen molar-refractivity contribution < 1.29 is 14.3 Å². The summed E-state index contributed by atoms with van der Waals surface area (Å²) in [6.07, 6.45) is 0. The number of carbonyl (C=O) groups is 1. The SMILES string of the molecule is CC(=O)Oc1cccc(Oc2ccccc2-c2ccccc2)c1.